The van der Waals surface area contributed by atoms with Gasteiger partial charge in [0.2, 0.25) is 5.91 Å². The highest BCUT2D eigenvalue weighted by molar-refractivity contribution is 8.00. The van der Waals surface area contributed by atoms with Crippen molar-refractivity contribution in [2.24, 2.45) is 5.73 Å². The number of ether oxygens (including phenoxy) is 1. The van der Waals surface area contributed by atoms with Crippen molar-refractivity contribution in [3.05, 3.63) is 0 Å². The van der Waals surface area contributed by atoms with E-state index in [-0.39, 0.29) is 16.7 Å². The van der Waals surface area contributed by atoms with E-state index in [4.69, 9.17) is 10.5 Å². The number of carbonyl (C=O) groups excluding carboxylic acids is 1. The number of hydrogen-bond donors (Lipinski definition) is 2. The van der Waals surface area contributed by atoms with E-state index in [2.05, 4.69) is 11.6 Å². The first-order chi connectivity index (χ1) is 7.58. The summed E-state index contributed by atoms with van der Waals surface area (Å²) in [4.78, 5) is 11.5. The van der Waals surface area contributed by atoms with Gasteiger partial charge in [-0.05, 0) is 26.0 Å². The third-order valence-electron chi connectivity index (χ3n) is 2.95. The number of nitrogens with two attached hydrogens (primary N) is 1. The van der Waals surface area contributed by atoms with Gasteiger partial charge in [0.05, 0.1) is 0 Å². The number of thioether (sulfide) groups is 1. The van der Waals surface area contributed by atoms with E-state index in [1.807, 2.05) is 18.7 Å². The van der Waals surface area contributed by atoms with Crippen LogP contribution in [-0.4, -0.2) is 42.7 Å². The smallest absolute Gasteiger partial charge is 0.221 e. The van der Waals surface area contributed by atoms with Crippen LogP contribution in [0.5, 0.6) is 0 Å². The first-order valence-electron chi connectivity index (χ1n) is 5.73. The van der Waals surface area contributed by atoms with Crippen LogP contribution in [-0.2, 0) is 9.53 Å². The molecular weight excluding hydrogens is 224 g/mol. The lowest BCUT2D eigenvalue weighted by Gasteiger charge is -2.35. The molecule has 1 heterocycles. The fraction of sp³-hybridized carbons (Fsp3) is 0.909. The molecule has 0 aromatic heterocycles. The molecule has 1 amide bonds. The molecule has 4 nitrogen and oxygen atoms in total. The molecule has 94 valence electrons. The predicted octanol–water partition coefficient (Wildman–Crippen LogP) is 0.752. The van der Waals surface area contributed by atoms with Gasteiger partial charge in [0.15, 0.2) is 0 Å². The largest absolute Gasteiger partial charge is 0.381 e. The van der Waals surface area contributed by atoms with Crippen molar-refractivity contribution >= 4 is 17.7 Å². The monoisotopic (exact) mass is 246 g/mol. The predicted molar refractivity (Wildman–Crippen MR) is 67.6 cm³/mol. The zero-order valence-corrected chi connectivity index (χ0v) is 10.9. The third kappa shape index (κ3) is 4.31. The van der Waals surface area contributed by atoms with Crippen LogP contribution in [0.3, 0.4) is 0 Å². The first-order valence-corrected chi connectivity index (χ1v) is 6.96. The molecule has 0 aromatic carbocycles. The molecule has 3 N–H and O–H groups in total. The zero-order valence-electron chi connectivity index (χ0n) is 10.1. The van der Waals surface area contributed by atoms with Gasteiger partial charge < -0.3 is 15.8 Å². The van der Waals surface area contributed by atoms with Crippen LogP contribution in [0.25, 0.3) is 0 Å². The van der Waals surface area contributed by atoms with Crippen LogP contribution in [0.15, 0.2) is 0 Å². The molecule has 1 fully saturated rings. The van der Waals surface area contributed by atoms with Crippen molar-refractivity contribution in [1.29, 1.82) is 0 Å². The van der Waals surface area contributed by atoms with Crippen LogP contribution in [0, 0.1) is 0 Å². The molecule has 1 atom stereocenters. The summed E-state index contributed by atoms with van der Waals surface area (Å²) in [6.07, 6.45) is 4.52. The van der Waals surface area contributed by atoms with Gasteiger partial charge in [-0.25, -0.2) is 0 Å². The average Bonchev–Trinajstić information content (AvgIpc) is 2.27. The molecule has 1 aliphatic rings. The molecule has 5 heteroatoms. The van der Waals surface area contributed by atoms with E-state index in [1.54, 1.807) is 0 Å². The Balaban J connectivity index is 2.35. The standard InChI is InChI=1S/C11H22N2O2S/c1-9(12)7-10(14)13-8-11(16-2)3-5-15-6-4-11/h9H,3-8,12H2,1-2H3,(H,13,14). The summed E-state index contributed by atoms with van der Waals surface area (Å²) < 4.78 is 5.51. The molecule has 0 saturated carbocycles. The summed E-state index contributed by atoms with van der Waals surface area (Å²) in [6, 6.07) is -0.0695. The molecule has 0 aromatic rings. The van der Waals surface area contributed by atoms with Gasteiger partial charge in [0.1, 0.15) is 0 Å². The fourth-order valence-electron chi connectivity index (χ4n) is 1.82. The van der Waals surface area contributed by atoms with Crippen molar-refractivity contribution in [3.63, 3.8) is 0 Å². The van der Waals surface area contributed by atoms with Gasteiger partial charge in [0.25, 0.3) is 0 Å². The van der Waals surface area contributed by atoms with Gasteiger partial charge in [-0.3, -0.25) is 4.79 Å². The Hall–Kier alpha value is -0.260. The molecular formula is C11H22N2O2S. The Bertz CT molecular complexity index is 228. The van der Waals surface area contributed by atoms with Crippen LogP contribution >= 0.6 is 11.8 Å². The number of rotatable bonds is 5. The third-order valence-corrected chi connectivity index (χ3v) is 4.37. The first kappa shape index (κ1) is 13.8. The number of nitrogens with one attached hydrogen (secondary N) is 1. The van der Waals surface area contributed by atoms with E-state index in [1.165, 1.54) is 0 Å². The Kier molecular flexibility index (Phi) is 5.58. The van der Waals surface area contributed by atoms with Crippen LogP contribution in [0.1, 0.15) is 26.2 Å². The second kappa shape index (κ2) is 6.47. The minimum Gasteiger partial charge on any atom is -0.381 e. The topological polar surface area (TPSA) is 64.4 Å². The summed E-state index contributed by atoms with van der Waals surface area (Å²) in [6.45, 7) is 4.16. The Labute approximate surface area is 102 Å². The average molecular weight is 246 g/mol. The van der Waals surface area contributed by atoms with Crippen LogP contribution in [0.2, 0.25) is 0 Å². The summed E-state index contributed by atoms with van der Waals surface area (Å²) >= 11 is 1.83. The number of amides is 1. The molecule has 0 radical (unpaired) electrons. The van der Waals surface area contributed by atoms with Gasteiger partial charge in [-0.15, -0.1) is 0 Å². The van der Waals surface area contributed by atoms with E-state index in [0.717, 1.165) is 32.6 Å². The molecule has 0 bridgehead atoms. The van der Waals surface area contributed by atoms with E-state index in [9.17, 15) is 4.79 Å². The SMILES string of the molecule is CSC1(CNC(=O)CC(C)N)CCOCC1. The lowest BCUT2D eigenvalue weighted by Crippen LogP contribution is -2.45. The fourth-order valence-corrected chi connectivity index (χ4v) is 2.61. The molecule has 1 rings (SSSR count). The van der Waals surface area contributed by atoms with Gasteiger partial charge in [-0.1, -0.05) is 0 Å². The minimum absolute atomic E-state index is 0.0508. The summed E-state index contributed by atoms with van der Waals surface area (Å²) in [5, 5.41) is 2.98. The Morgan fingerprint density at radius 1 is 1.56 bits per heavy atom. The highest BCUT2D eigenvalue weighted by Crippen LogP contribution is 2.32. The second-order valence-corrected chi connectivity index (χ2v) is 5.73. The lowest BCUT2D eigenvalue weighted by molar-refractivity contribution is -0.121. The normalized spacial score (nSPS) is 21.4. The molecule has 0 aliphatic carbocycles. The second-order valence-electron chi connectivity index (χ2n) is 4.46. The van der Waals surface area contributed by atoms with Gasteiger partial charge in [0, 0.05) is 37.0 Å². The van der Waals surface area contributed by atoms with E-state index < -0.39 is 0 Å². The number of hydrogen-bond acceptors (Lipinski definition) is 4. The lowest BCUT2D eigenvalue weighted by atomic mass is 9.99. The quantitative estimate of drug-likeness (QED) is 0.751. The summed E-state index contributed by atoms with van der Waals surface area (Å²) in [5.41, 5.74) is 5.58. The van der Waals surface area contributed by atoms with Crippen molar-refractivity contribution in [2.75, 3.05) is 26.0 Å². The highest BCUT2D eigenvalue weighted by Gasteiger charge is 2.31. The Morgan fingerprint density at radius 3 is 2.69 bits per heavy atom. The Morgan fingerprint density at radius 2 is 2.19 bits per heavy atom. The maximum atomic E-state index is 11.5. The van der Waals surface area contributed by atoms with Crippen molar-refractivity contribution in [2.45, 2.75) is 37.0 Å². The highest BCUT2D eigenvalue weighted by atomic mass is 32.2. The molecule has 1 unspecified atom stereocenters. The maximum Gasteiger partial charge on any atom is 0.221 e. The summed E-state index contributed by atoms with van der Waals surface area (Å²) in [5.74, 6) is 0.0508. The molecule has 16 heavy (non-hydrogen) atoms. The van der Waals surface area contributed by atoms with Gasteiger partial charge >= 0.3 is 0 Å². The summed E-state index contributed by atoms with van der Waals surface area (Å²) in [7, 11) is 0. The van der Waals surface area contributed by atoms with Gasteiger partial charge in [-0.2, -0.15) is 11.8 Å². The van der Waals surface area contributed by atoms with E-state index in [0.29, 0.717) is 6.42 Å². The molecule has 0 spiro atoms. The molecule has 1 saturated heterocycles. The number of carbonyl (C=O) groups is 1. The van der Waals surface area contributed by atoms with Crippen molar-refractivity contribution in [1.82, 2.24) is 5.32 Å². The minimum atomic E-state index is -0.0695. The van der Waals surface area contributed by atoms with Crippen molar-refractivity contribution in [3.8, 4) is 0 Å². The maximum absolute atomic E-state index is 11.5. The zero-order chi connectivity index (χ0) is 12.0. The van der Waals surface area contributed by atoms with Crippen molar-refractivity contribution < 1.29 is 9.53 Å². The van der Waals surface area contributed by atoms with Crippen LogP contribution in [0.4, 0.5) is 0 Å². The van der Waals surface area contributed by atoms with E-state index >= 15 is 0 Å². The van der Waals surface area contributed by atoms with Crippen LogP contribution < -0.4 is 11.1 Å². The molecule has 1 aliphatic heterocycles.